The molecule has 2 aliphatic rings. The second-order valence-electron chi connectivity index (χ2n) is 10.1. The highest BCUT2D eigenvalue weighted by Crippen LogP contribution is 2.26. The summed E-state index contributed by atoms with van der Waals surface area (Å²) < 4.78 is 41.4. The molecule has 0 radical (unpaired) electrons. The second-order valence-corrected chi connectivity index (χ2v) is 10.5. The fourth-order valence-corrected chi connectivity index (χ4v) is 4.86. The number of aromatic nitrogens is 1. The molecule has 0 saturated carbocycles. The van der Waals surface area contributed by atoms with Gasteiger partial charge >= 0.3 is 6.18 Å². The number of benzene rings is 1. The molecule has 11 heteroatoms. The Hall–Kier alpha value is -3.13. The zero-order chi connectivity index (χ0) is 28.0. The maximum atomic E-state index is 13.4. The Morgan fingerprint density at radius 1 is 1.21 bits per heavy atom. The van der Waals surface area contributed by atoms with Gasteiger partial charge in [0.05, 0.1) is 25.3 Å². The highest BCUT2D eigenvalue weighted by molar-refractivity contribution is 6.29. The normalized spacial score (nSPS) is 16.4. The number of piperidine rings is 1. The number of carbonyl (C=O) groups excluding carboxylic acids is 1. The number of dihydropyridines is 1. The van der Waals surface area contributed by atoms with Gasteiger partial charge in [-0.2, -0.15) is 13.2 Å². The first-order valence-electron chi connectivity index (χ1n) is 12.9. The van der Waals surface area contributed by atoms with Gasteiger partial charge in [0.2, 0.25) is 5.91 Å². The number of nitrogens with zero attached hydrogens (tertiary/aromatic N) is 3. The number of halogens is 4. The summed E-state index contributed by atoms with van der Waals surface area (Å²) in [4.78, 5) is 16.0. The summed E-state index contributed by atoms with van der Waals surface area (Å²) in [7, 11) is 3.77. The van der Waals surface area contributed by atoms with Crippen LogP contribution in [0.1, 0.15) is 24.1 Å². The molecule has 2 aliphatic heterocycles. The predicted octanol–water partition coefficient (Wildman–Crippen LogP) is 3.35. The number of alkyl halides is 3. The van der Waals surface area contributed by atoms with E-state index in [2.05, 4.69) is 27.8 Å². The standard InChI is InChI=1S/C28H34ClF3N6O/c1-36(2)18-27(39)37-12-9-22(10-13-37)34-16-20-5-7-25-21(14-20)15-24(38(25)19-28(30,31)32)4-3-11-33-23-6-8-26(29)35-17-23/h5-8,14-15,22,33-35H,9-13,16-19H2,1-2H3. The third kappa shape index (κ3) is 8.43. The SMILES string of the molecule is CN(C)CC(=O)N1CCC(NCc2ccc3c(c2)cc(C#CCNC2=CC=C(Cl)NC2)n3CC(F)(F)F)CC1. The van der Waals surface area contributed by atoms with Crippen molar-refractivity contribution in [1.29, 1.82) is 0 Å². The maximum Gasteiger partial charge on any atom is 0.406 e. The Bertz CT molecular complexity index is 1300. The molecule has 210 valence electrons. The van der Waals surface area contributed by atoms with Crippen LogP contribution in [-0.4, -0.2) is 79.3 Å². The van der Waals surface area contributed by atoms with Crippen molar-refractivity contribution in [2.45, 2.75) is 38.1 Å². The zero-order valence-electron chi connectivity index (χ0n) is 22.2. The number of likely N-dealkylation sites (N-methyl/N-ethyl adjacent to an activating group) is 1. The molecule has 1 fully saturated rings. The van der Waals surface area contributed by atoms with Crippen molar-refractivity contribution in [3.8, 4) is 11.8 Å². The average molecular weight is 563 g/mol. The zero-order valence-corrected chi connectivity index (χ0v) is 22.9. The number of fused-ring (bicyclic) bond motifs is 1. The minimum Gasteiger partial charge on any atom is -0.376 e. The third-order valence-electron chi connectivity index (χ3n) is 6.70. The number of nitrogens with one attached hydrogen (secondary N) is 3. The van der Waals surface area contributed by atoms with Crippen LogP contribution in [0.15, 0.2) is 47.3 Å². The largest absolute Gasteiger partial charge is 0.406 e. The van der Waals surface area contributed by atoms with Gasteiger partial charge in [-0.25, -0.2) is 0 Å². The molecule has 2 aromatic rings. The number of amides is 1. The van der Waals surface area contributed by atoms with Gasteiger partial charge in [-0.1, -0.05) is 23.6 Å². The average Bonchev–Trinajstić information content (AvgIpc) is 3.21. The Labute approximate surface area is 232 Å². The first kappa shape index (κ1) is 28.9. The molecular formula is C28H34ClF3N6O. The minimum absolute atomic E-state index is 0.145. The summed E-state index contributed by atoms with van der Waals surface area (Å²) in [5, 5.41) is 11.0. The Morgan fingerprint density at radius 3 is 2.64 bits per heavy atom. The van der Waals surface area contributed by atoms with E-state index in [9.17, 15) is 18.0 Å². The molecular weight excluding hydrogens is 529 g/mol. The third-order valence-corrected chi connectivity index (χ3v) is 6.96. The van der Waals surface area contributed by atoms with Crippen LogP contribution in [0.2, 0.25) is 0 Å². The second kappa shape index (κ2) is 12.8. The lowest BCUT2D eigenvalue weighted by Gasteiger charge is -2.33. The van der Waals surface area contributed by atoms with Crippen LogP contribution in [-0.2, 0) is 17.9 Å². The van der Waals surface area contributed by atoms with Crippen LogP contribution < -0.4 is 16.0 Å². The maximum absolute atomic E-state index is 13.4. The van der Waals surface area contributed by atoms with Crippen molar-refractivity contribution in [3.05, 3.63) is 58.5 Å². The Balaban J connectivity index is 1.40. The van der Waals surface area contributed by atoms with E-state index in [0.717, 1.165) is 42.6 Å². The Kier molecular flexibility index (Phi) is 9.49. The van der Waals surface area contributed by atoms with Gasteiger partial charge in [0, 0.05) is 42.3 Å². The molecule has 3 N–H and O–H groups in total. The molecule has 1 saturated heterocycles. The summed E-state index contributed by atoms with van der Waals surface area (Å²) in [5.74, 6) is 6.00. The molecule has 7 nitrogen and oxygen atoms in total. The molecule has 1 amide bonds. The van der Waals surface area contributed by atoms with Crippen molar-refractivity contribution in [1.82, 2.24) is 30.3 Å². The quantitative estimate of drug-likeness (QED) is 0.340. The van der Waals surface area contributed by atoms with Crippen molar-refractivity contribution < 1.29 is 18.0 Å². The van der Waals surface area contributed by atoms with E-state index in [1.54, 1.807) is 18.2 Å². The highest BCUT2D eigenvalue weighted by atomic mass is 35.5. The first-order chi connectivity index (χ1) is 18.6. The van der Waals surface area contributed by atoms with Gasteiger partial charge in [0.15, 0.2) is 0 Å². The smallest absolute Gasteiger partial charge is 0.376 e. The number of carbonyl (C=O) groups is 1. The van der Waals surface area contributed by atoms with E-state index < -0.39 is 12.7 Å². The van der Waals surface area contributed by atoms with Crippen molar-refractivity contribution in [2.24, 2.45) is 0 Å². The number of allylic oxidation sites excluding steroid dienone is 2. The fourth-order valence-electron chi connectivity index (χ4n) is 4.73. The van der Waals surface area contributed by atoms with Crippen molar-refractivity contribution in [3.63, 3.8) is 0 Å². The number of hydrogen-bond acceptors (Lipinski definition) is 5. The summed E-state index contributed by atoms with van der Waals surface area (Å²) in [6.45, 7) is 2.18. The molecule has 0 atom stereocenters. The summed E-state index contributed by atoms with van der Waals surface area (Å²) in [5.41, 5.74) is 2.71. The topological polar surface area (TPSA) is 64.6 Å². The van der Waals surface area contributed by atoms with Crippen molar-refractivity contribution >= 4 is 28.4 Å². The molecule has 39 heavy (non-hydrogen) atoms. The van der Waals surface area contributed by atoms with E-state index in [0.29, 0.717) is 42.5 Å². The van der Waals surface area contributed by atoms with Crippen LogP contribution in [0.25, 0.3) is 10.9 Å². The molecule has 0 spiro atoms. The van der Waals surface area contributed by atoms with Crippen LogP contribution in [0, 0.1) is 11.8 Å². The van der Waals surface area contributed by atoms with Crippen LogP contribution in [0.3, 0.4) is 0 Å². The van der Waals surface area contributed by atoms with Gasteiger partial charge in [0.1, 0.15) is 11.7 Å². The first-order valence-corrected chi connectivity index (χ1v) is 13.3. The van der Waals surface area contributed by atoms with Gasteiger partial charge in [-0.3, -0.25) is 4.79 Å². The predicted molar refractivity (Wildman–Crippen MR) is 148 cm³/mol. The Morgan fingerprint density at radius 2 is 1.97 bits per heavy atom. The van der Waals surface area contributed by atoms with Gasteiger partial charge in [0.25, 0.3) is 0 Å². The number of likely N-dealkylation sites (tertiary alicyclic amines) is 1. The minimum atomic E-state index is -4.37. The fraction of sp³-hybridized carbons (Fsp3) is 0.464. The molecule has 4 rings (SSSR count). The van der Waals surface area contributed by atoms with Gasteiger partial charge in [-0.05, 0) is 68.8 Å². The van der Waals surface area contributed by atoms with E-state index in [1.807, 2.05) is 42.1 Å². The summed E-state index contributed by atoms with van der Waals surface area (Å²) in [6, 6.07) is 7.52. The highest BCUT2D eigenvalue weighted by Gasteiger charge is 2.29. The molecule has 0 unspecified atom stereocenters. The van der Waals surface area contributed by atoms with Gasteiger partial charge in [-0.15, -0.1) is 0 Å². The van der Waals surface area contributed by atoms with E-state index in [-0.39, 0.29) is 11.9 Å². The molecule has 1 aromatic heterocycles. The van der Waals surface area contributed by atoms with E-state index in [4.69, 9.17) is 11.6 Å². The monoisotopic (exact) mass is 562 g/mol. The van der Waals surface area contributed by atoms with Crippen LogP contribution in [0.4, 0.5) is 13.2 Å². The van der Waals surface area contributed by atoms with Gasteiger partial charge < -0.3 is 30.3 Å². The molecule has 3 heterocycles. The lowest BCUT2D eigenvalue weighted by Crippen LogP contribution is -2.47. The number of rotatable bonds is 8. The molecule has 0 aliphatic carbocycles. The lowest BCUT2D eigenvalue weighted by atomic mass is 10.0. The molecule has 0 bridgehead atoms. The lowest BCUT2D eigenvalue weighted by molar-refractivity contribution is -0.140. The number of hydrogen-bond donors (Lipinski definition) is 3. The summed E-state index contributed by atoms with van der Waals surface area (Å²) in [6.07, 6.45) is 0.935. The van der Waals surface area contributed by atoms with E-state index >= 15 is 0 Å². The van der Waals surface area contributed by atoms with Crippen LogP contribution in [0.5, 0.6) is 0 Å². The summed E-state index contributed by atoms with van der Waals surface area (Å²) >= 11 is 5.87. The van der Waals surface area contributed by atoms with Crippen molar-refractivity contribution in [2.75, 3.05) is 46.8 Å². The van der Waals surface area contributed by atoms with E-state index in [1.165, 1.54) is 4.57 Å². The molecule has 1 aromatic carbocycles. The van der Waals surface area contributed by atoms with Crippen LogP contribution >= 0.6 is 11.6 Å².